The second kappa shape index (κ2) is 12.4. The number of esters is 2. The summed E-state index contributed by atoms with van der Waals surface area (Å²) in [5.41, 5.74) is -3.00. The van der Waals surface area contributed by atoms with Crippen LogP contribution in [0.25, 0.3) is 12.2 Å². The van der Waals surface area contributed by atoms with E-state index in [4.69, 9.17) is 23.7 Å². The molecule has 10 rings (SSSR count). The Balaban J connectivity index is 1.23. The van der Waals surface area contributed by atoms with Crippen LogP contribution in [-0.2, 0) is 20.4 Å². The summed E-state index contributed by atoms with van der Waals surface area (Å²) < 4.78 is 30.0. The van der Waals surface area contributed by atoms with Crippen molar-refractivity contribution in [2.45, 2.75) is 23.0 Å². The number of carbonyl (C=O) groups is 2. The Kier molecular flexibility index (Phi) is 7.47. The highest BCUT2D eigenvalue weighted by Gasteiger charge is 2.67. The summed E-state index contributed by atoms with van der Waals surface area (Å²) in [6, 6.07) is 20.0. The van der Waals surface area contributed by atoms with Gasteiger partial charge in [0, 0.05) is 41.5 Å². The first-order chi connectivity index (χ1) is 28.8. The maximum atomic E-state index is 14.6. The molecule has 4 aliphatic heterocycles. The third-order valence-corrected chi connectivity index (χ3v) is 11.4. The zero-order valence-electron chi connectivity index (χ0n) is 30.9. The Morgan fingerprint density at radius 1 is 0.500 bits per heavy atom. The molecular weight excluding hydrogens is 780 g/mol. The van der Waals surface area contributed by atoms with E-state index in [1.54, 1.807) is 0 Å². The molecule has 4 heterocycles. The van der Waals surface area contributed by atoms with Crippen LogP contribution in [0.5, 0.6) is 74.7 Å². The highest BCUT2D eigenvalue weighted by Crippen LogP contribution is 2.67. The van der Waals surface area contributed by atoms with Gasteiger partial charge in [-0.2, -0.15) is 0 Å². The van der Waals surface area contributed by atoms with Crippen LogP contribution in [-0.4, -0.2) is 59.9 Å². The molecule has 0 aliphatic carbocycles. The number of ether oxygens (including phenoxy) is 5. The molecule has 15 nitrogen and oxygen atoms in total. The Morgan fingerprint density at radius 2 is 0.950 bits per heavy atom. The van der Waals surface area contributed by atoms with Crippen molar-refractivity contribution in [1.82, 2.24) is 0 Å². The minimum absolute atomic E-state index is 0.0418. The summed E-state index contributed by atoms with van der Waals surface area (Å²) >= 11 is 0. The molecule has 60 heavy (non-hydrogen) atoms. The molecule has 0 saturated carbocycles. The fraction of sp³-hybridized carbons (Fsp3) is 0.111. The Morgan fingerprint density at radius 3 is 1.47 bits per heavy atom. The highest BCUT2D eigenvalue weighted by molar-refractivity contribution is 6.03. The monoisotopic (exact) mass is 810 g/mol. The zero-order chi connectivity index (χ0) is 42.0. The van der Waals surface area contributed by atoms with Crippen molar-refractivity contribution in [3.05, 3.63) is 136 Å². The molecule has 4 unspecified atom stereocenters. The van der Waals surface area contributed by atoms with Gasteiger partial charge in [-0.15, -0.1) is 0 Å². The van der Waals surface area contributed by atoms with E-state index < -0.39 is 52.2 Å². The van der Waals surface area contributed by atoms with Crippen molar-refractivity contribution in [2.24, 2.45) is 0 Å². The van der Waals surface area contributed by atoms with Gasteiger partial charge in [0.05, 0.1) is 18.2 Å². The predicted molar refractivity (Wildman–Crippen MR) is 207 cm³/mol. The van der Waals surface area contributed by atoms with Gasteiger partial charge in [-0.05, 0) is 58.7 Å². The molecule has 300 valence electrons. The number of carbonyl (C=O) groups excluding carboxylic acids is 2. The Bertz CT molecular complexity index is 2900. The molecule has 0 bridgehead atoms. The van der Waals surface area contributed by atoms with E-state index in [2.05, 4.69) is 0 Å². The van der Waals surface area contributed by atoms with E-state index in [1.807, 2.05) is 0 Å². The van der Waals surface area contributed by atoms with Gasteiger partial charge in [0.25, 0.3) is 0 Å². The molecule has 2 spiro atoms. The minimum atomic E-state index is -2.04. The summed E-state index contributed by atoms with van der Waals surface area (Å²) in [6.45, 7) is 0. The Hall–Kier alpha value is -8.20. The fourth-order valence-electron chi connectivity index (χ4n) is 9.18. The lowest BCUT2D eigenvalue weighted by Gasteiger charge is -2.29. The summed E-state index contributed by atoms with van der Waals surface area (Å²) in [4.78, 5) is 29.1. The molecular formula is C45H30O15. The number of phenolic OH excluding ortho intramolecular Hbond substituents is 8. The van der Waals surface area contributed by atoms with Gasteiger partial charge in [0.15, 0.2) is 22.3 Å². The fourth-order valence-corrected chi connectivity index (χ4v) is 9.18. The smallest absolute Gasteiger partial charge is 0.331 e. The zero-order valence-corrected chi connectivity index (χ0v) is 30.9. The lowest BCUT2D eigenvalue weighted by molar-refractivity contribution is -0.139. The number of rotatable bonds is 5. The molecule has 8 N–H and O–H groups in total. The molecule has 6 aromatic carbocycles. The van der Waals surface area contributed by atoms with E-state index in [-0.39, 0.29) is 90.9 Å². The SMILES string of the molecule is COc1c(O)cc(C=Cc2cc(O)cc3c2C2(C(=O)O3)c3c(O)cc(O)cc3OC2c2ccc(O)cc2)c2c1OC(=O)C21c2c(O)cc(O)cc2OC1c1ccc(O)cc1. The largest absolute Gasteiger partial charge is 0.508 e. The average molecular weight is 811 g/mol. The first-order valence-electron chi connectivity index (χ1n) is 18.3. The van der Waals surface area contributed by atoms with E-state index >= 15 is 0 Å². The summed E-state index contributed by atoms with van der Waals surface area (Å²) in [7, 11) is 1.25. The molecule has 6 aromatic rings. The van der Waals surface area contributed by atoms with Gasteiger partial charge in [0.1, 0.15) is 69.7 Å². The number of aromatic hydroxyl groups is 8. The number of phenols is 8. The van der Waals surface area contributed by atoms with Crippen LogP contribution in [0.4, 0.5) is 0 Å². The molecule has 15 heteroatoms. The number of hydrogen-bond acceptors (Lipinski definition) is 15. The Labute approximate surface area is 338 Å². The van der Waals surface area contributed by atoms with Gasteiger partial charge in [-0.1, -0.05) is 36.4 Å². The van der Waals surface area contributed by atoms with Gasteiger partial charge in [0.2, 0.25) is 5.75 Å². The molecule has 0 fully saturated rings. The summed E-state index contributed by atoms with van der Waals surface area (Å²) in [5, 5.41) is 86.5. The summed E-state index contributed by atoms with van der Waals surface area (Å²) in [6.07, 6.45) is 0.367. The average Bonchev–Trinajstić information content (AvgIpc) is 3.90. The maximum absolute atomic E-state index is 14.6. The van der Waals surface area contributed by atoms with Gasteiger partial charge in [-0.25, -0.2) is 0 Å². The van der Waals surface area contributed by atoms with Crippen LogP contribution in [0.2, 0.25) is 0 Å². The van der Waals surface area contributed by atoms with Crippen LogP contribution >= 0.6 is 0 Å². The van der Waals surface area contributed by atoms with Gasteiger partial charge < -0.3 is 64.5 Å². The van der Waals surface area contributed by atoms with Crippen molar-refractivity contribution < 1.29 is 74.1 Å². The molecule has 4 atom stereocenters. The lowest BCUT2D eigenvalue weighted by Crippen LogP contribution is -2.40. The van der Waals surface area contributed by atoms with Crippen molar-refractivity contribution >= 4 is 24.1 Å². The second-order valence-corrected chi connectivity index (χ2v) is 14.7. The highest BCUT2D eigenvalue weighted by atomic mass is 16.6. The molecule has 0 amide bonds. The molecule has 0 aromatic heterocycles. The first kappa shape index (κ1) is 36.2. The second-order valence-electron chi connectivity index (χ2n) is 14.7. The van der Waals surface area contributed by atoms with Crippen molar-refractivity contribution in [1.29, 1.82) is 0 Å². The maximum Gasteiger partial charge on any atom is 0.331 e. The normalized spacial score (nSPS) is 21.6. The van der Waals surface area contributed by atoms with Crippen LogP contribution in [0.15, 0.2) is 91.0 Å². The van der Waals surface area contributed by atoms with Crippen LogP contribution in [0, 0.1) is 0 Å². The summed E-state index contributed by atoms with van der Waals surface area (Å²) in [5.74, 6) is -5.17. The number of hydrogen-bond donors (Lipinski definition) is 8. The van der Waals surface area contributed by atoms with Crippen molar-refractivity contribution in [2.75, 3.05) is 7.11 Å². The third kappa shape index (κ3) is 4.70. The molecule has 4 aliphatic rings. The standard InChI is InChI=1S/C45H30O15/c1-56-38-30(53)13-22(35-39(38)60-43(55)45(35)37-29(52)15-27(50)18-33(37)58-41(45)20-6-10-24(47)11-7-20)3-2-21-12-25(48)16-31-34(21)44(42(54)59-31)36-28(51)14-26(49)17-32(36)57-40(44)19-4-8-23(46)9-5-19/h2-18,40-41,46-53H,1H3. The van der Waals surface area contributed by atoms with Crippen LogP contribution in [0.3, 0.4) is 0 Å². The topological polar surface area (TPSA) is 242 Å². The molecule has 0 radical (unpaired) electrons. The predicted octanol–water partition coefficient (Wildman–Crippen LogP) is 6.19. The van der Waals surface area contributed by atoms with Crippen LogP contribution < -0.4 is 23.7 Å². The van der Waals surface area contributed by atoms with E-state index in [1.165, 1.54) is 98.1 Å². The first-order valence-corrected chi connectivity index (χ1v) is 18.3. The lowest BCUT2D eigenvalue weighted by atomic mass is 9.68. The van der Waals surface area contributed by atoms with E-state index in [9.17, 15) is 50.4 Å². The van der Waals surface area contributed by atoms with Gasteiger partial charge in [-0.3, -0.25) is 9.59 Å². The quantitative estimate of drug-likeness (QED) is 0.0550. The van der Waals surface area contributed by atoms with E-state index in [0.29, 0.717) is 11.1 Å². The van der Waals surface area contributed by atoms with Crippen molar-refractivity contribution in [3.63, 3.8) is 0 Å². The third-order valence-electron chi connectivity index (χ3n) is 11.4. The number of methoxy groups -OCH3 is 1. The van der Waals surface area contributed by atoms with Gasteiger partial charge >= 0.3 is 11.9 Å². The van der Waals surface area contributed by atoms with Crippen LogP contribution in [0.1, 0.15) is 56.7 Å². The minimum Gasteiger partial charge on any atom is -0.508 e. The number of fused-ring (bicyclic) bond motifs is 8. The molecule has 0 saturated heterocycles. The van der Waals surface area contributed by atoms with E-state index in [0.717, 1.165) is 12.1 Å². The number of benzene rings is 6. The van der Waals surface area contributed by atoms with Crippen molar-refractivity contribution in [3.8, 4) is 74.7 Å².